The third-order valence-corrected chi connectivity index (χ3v) is 5.95. The molecule has 4 aromatic carbocycles. The Morgan fingerprint density at radius 1 is 0.500 bits per heavy atom. The van der Waals surface area contributed by atoms with Gasteiger partial charge in [0, 0.05) is 17.4 Å². The van der Waals surface area contributed by atoms with E-state index >= 15 is 0 Å². The second-order valence-corrected chi connectivity index (χ2v) is 7.84. The fraction of sp³-hybridized carbons (Fsp3) is 0.143. The van der Waals surface area contributed by atoms with E-state index in [2.05, 4.69) is 62.4 Å². The number of hydrogen-bond donors (Lipinski definition) is 2. The van der Waals surface area contributed by atoms with Crippen LogP contribution in [0.1, 0.15) is 47.9 Å². The molecule has 0 bridgehead atoms. The van der Waals surface area contributed by atoms with Gasteiger partial charge in [0.05, 0.1) is 0 Å². The minimum absolute atomic E-state index is 0.133. The van der Waals surface area contributed by atoms with Crippen molar-refractivity contribution in [3.05, 3.63) is 119 Å². The van der Waals surface area contributed by atoms with Crippen LogP contribution >= 0.6 is 0 Å². The summed E-state index contributed by atoms with van der Waals surface area (Å²) in [5.41, 5.74) is 6.90. The highest BCUT2D eigenvalue weighted by Crippen LogP contribution is 2.32. The summed E-state index contributed by atoms with van der Waals surface area (Å²) in [6.45, 7) is 4.29. The van der Waals surface area contributed by atoms with E-state index in [1.165, 1.54) is 27.8 Å². The Morgan fingerprint density at radius 3 is 1.43 bits per heavy atom. The molecule has 0 radical (unpaired) electrons. The Morgan fingerprint density at radius 2 is 0.933 bits per heavy atom. The molecular weight excluding hydrogens is 368 g/mol. The molecule has 0 saturated heterocycles. The average molecular weight is 395 g/mol. The van der Waals surface area contributed by atoms with Crippen molar-refractivity contribution >= 4 is 0 Å². The summed E-state index contributed by atoms with van der Waals surface area (Å²) in [6.07, 6.45) is 0. The molecule has 0 aliphatic carbocycles. The molecule has 2 N–H and O–H groups in total. The highest BCUT2D eigenvalue weighted by atomic mass is 16.3. The first-order valence-electron chi connectivity index (χ1n) is 10.3. The van der Waals surface area contributed by atoms with E-state index in [9.17, 15) is 10.2 Å². The fourth-order valence-electron chi connectivity index (χ4n) is 3.92. The molecule has 0 aromatic heterocycles. The van der Waals surface area contributed by atoms with Gasteiger partial charge in [0.15, 0.2) is 0 Å². The standard InChI is InChI=1S/C28H26O2/c1-19(22-15-17-26(29)18-16-22)21-7-11-24(12-8-21)25-13-9-23(10-14-25)20(2)27-5-3-4-6-28(27)30/h3-20,29-30H,1-2H3. The van der Waals surface area contributed by atoms with Crippen molar-refractivity contribution in [1.82, 2.24) is 0 Å². The van der Waals surface area contributed by atoms with E-state index < -0.39 is 0 Å². The van der Waals surface area contributed by atoms with Crippen LogP contribution in [0.5, 0.6) is 11.5 Å². The first-order valence-corrected chi connectivity index (χ1v) is 10.3. The van der Waals surface area contributed by atoms with Crippen LogP contribution in [0.15, 0.2) is 97.1 Å². The number of phenols is 2. The molecule has 0 heterocycles. The lowest BCUT2D eigenvalue weighted by atomic mass is 9.90. The lowest BCUT2D eigenvalue weighted by molar-refractivity contribution is 0.466. The molecule has 0 fully saturated rings. The summed E-state index contributed by atoms with van der Waals surface area (Å²) in [5.74, 6) is 1.03. The molecule has 4 rings (SSSR count). The monoisotopic (exact) mass is 394 g/mol. The third kappa shape index (κ3) is 4.08. The van der Waals surface area contributed by atoms with Gasteiger partial charge in [0.1, 0.15) is 11.5 Å². The summed E-state index contributed by atoms with van der Waals surface area (Å²) in [6, 6.07) is 32.2. The predicted molar refractivity (Wildman–Crippen MR) is 123 cm³/mol. The number of para-hydroxylation sites is 1. The van der Waals surface area contributed by atoms with Crippen molar-refractivity contribution in [3.63, 3.8) is 0 Å². The number of phenolic OH excluding ortho intramolecular Hbond substituents is 2. The number of aromatic hydroxyl groups is 2. The van der Waals surface area contributed by atoms with Crippen LogP contribution in [-0.2, 0) is 0 Å². The summed E-state index contributed by atoms with van der Waals surface area (Å²) >= 11 is 0. The highest BCUT2D eigenvalue weighted by Gasteiger charge is 2.13. The van der Waals surface area contributed by atoms with Crippen LogP contribution in [0.4, 0.5) is 0 Å². The summed E-state index contributed by atoms with van der Waals surface area (Å²) in [4.78, 5) is 0. The maximum atomic E-state index is 10.1. The van der Waals surface area contributed by atoms with Crippen molar-refractivity contribution in [1.29, 1.82) is 0 Å². The summed E-state index contributed by atoms with van der Waals surface area (Å²) in [5, 5.41) is 19.6. The molecule has 2 nitrogen and oxygen atoms in total. The lowest BCUT2D eigenvalue weighted by Gasteiger charge is -2.15. The van der Waals surface area contributed by atoms with Gasteiger partial charge in [-0.1, -0.05) is 92.7 Å². The van der Waals surface area contributed by atoms with E-state index in [1.54, 1.807) is 18.2 Å². The predicted octanol–water partition coefficient (Wildman–Crippen LogP) is 7.07. The molecule has 2 heteroatoms. The Hall–Kier alpha value is -3.52. The number of hydrogen-bond acceptors (Lipinski definition) is 2. The average Bonchev–Trinajstić information content (AvgIpc) is 2.79. The zero-order chi connectivity index (χ0) is 21.1. The Balaban J connectivity index is 1.52. The van der Waals surface area contributed by atoms with Crippen molar-refractivity contribution < 1.29 is 10.2 Å². The smallest absolute Gasteiger partial charge is 0.119 e. The molecule has 0 aliphatic heterocycles. The van der Waals surface area contributed by atoms with E-state index in [-0.39, 0.29) is 11.8 Å². The van der Waals surface area contributed by atoms with E-state index in [0.29, 0.717) is 11.5 Å². The Bertz CT molecular complexity index is 1110. The van der Waals surface area contributed by atoms with Gasteiger partial charge >= 0.3 is 0 Å². The van der Waals surface area contributed by atoms with Crippen molar-refractivity contribution in [2.45, 2.75) is 25.7 Å². The Labute approximate surface area is 178 Å². The molecule has 0 amide bonds. The largest absolute Gasteiger partial charge is 0.508 e. The first kappa shape index (κ1) is 19.8. The summed E-state index contributed by atoms with van der Waals surface area (Å²) < 4.78 is 0. The minimum atomic E-state index is 0.133. The maximum absolute atomic E-state index is 10.1. The molecular formula is C28H26O2. The normalized spacial score (nSPS) is 13.0. The topological polar surface area (TPSA) is 40.5 Å². The second-order valence-electron chi connectivity index (χ2n) is 7.84. The third-order valence-electron chi connectivity index (χ3n) is 5.95. The van der Waals surface area contributed by atoms with Crippen LogP contribution in [0, 0.1) is 0 Å². The van der Waals surface area contributed by atoms with Crippen LogP contribution in [0.25, 0.3) is 11.1 Å². The Kier molecular flexibility index (Phi) is 5.58. The number of benzene rings is 4. The van der Waals surface area contributed by atoms with E-state index in [4.69, 9.17) is 0 Å². The van der Waals surface area contributed by atoms with E-state index in [1.807, 2.05) is 30.3 Å². The zero-order valence-electron chi connectivity index (χ0n) is 17.3. The summed E-state index contributed by atoms with van der Waals surface area (Å²) in [7, 11) is 0. The fourth-order valence-corrected chi connectivity index (χ4v) is 3.92. The quantitative estimate of drug-likeness (QED) is 0.380. The molecule has 2 unspecified atom stereocenters. The van der Waals surface area contributed by atoms with Crippen LogP contribution < -0.4 is 0 Å². The van der Waals surface area contributed by atoms with Gasteiger partial charge in [-0.3, -0.25) is 0 Å². The van der Waals surface area contributed by atoms with Crippen molar-refractivity contribution in [2.75, 3.05) is 0 Å². The molecule has 0 aliphatic rings. The molecule has 0 saturated carbocycles. The van der Waals surface area contributed by atoms with Crippen LogP contribution in [0.3, 0.4) is 0 Å². The maximum Gasteiger partial charge on any atom is 0.119 e. The van der Waals surface area contributed by atoms with Gasteiger partial charge in [-0.2, -0.15) is 0 Å². The molecule has 0 spiro atoms. The van der Waals surface area contributed by atoms with Gasteiger partial charge in [-0.05, 0) is 46.0 Å². The minimum Gasteiger partial charge on any atom is -0.508 e. The van der Waals surface area contributed by atoms with Crippen molar-refractivity contribution in [2.24, 2.45) is 0 Å². The van der Waals surface area contributed by atoms with Gasteiger partial charge < -0.3 is 10.2 Å². The van der Waals surface area contributed by atoms with Crippen LogP contribution in [0.2, 0.25) is 0 Å². The van der Waals surface area contributed by atoms with Crippen molar-refractivity contribution in [3.8, 4) is 22.6 Å². The molecule has 150 valence electrons. The SMILES string of the molecule is CC(c1ccc(O)cc1)c1ccc(-c2ccc(C(C)c3ccccc3O)cc2)cc1. The van der Waals surface area contributed by atoms with Gasteiger partial charge in [-0.25, -0.2) is 0 Å². The highest BCUT2D eigenvalue weighted by molar-refractivity contribution is 5.64. The molecule has 4 aromatic rings. The van der Waals surface area contributed by atoms with E-state index in [0.717, 1.165) is 5.56 Å². The van der Waals surface area contributed by atoms with Gasteiger partial charge in [0.25, 0.3) is 0 Å². The number of rotatable bonds is 5. The molecule has 30 heavy (non-hydrogen) atoms. The van der Waals surface area contributed by atoms with Gasteiger partial charge in [-0.15, -0.1) is 0 Å². The lowest BCUT2D eigenvalue weighted by Crippen LogP contribution is -1.97. The van der Waals surface area contributed by atoms with Crippen LogP contribution in [-0.4, -0.2) is 10.2 Å². The second kappa shape index (κ2) is 8.46. The first-order chi connectivity index (χ1) is 14.5. The van der Waals surface area contributed by atoms with Gasteiger partial charge in [0.2, 0.25) is 0 Å². The molecule has 2 atom stereocenters. The zero-order valence-corrected chi connectivity index (χ0v) is 17.3.